The fraction of sp³-hybridized carbons (Fsp3) is 0.900. The summed E-state index contributed by atoms with van der Waals surface area (Å²) in [6.45, 7) is 0.843. The Balaban J connectivity index is 2.06. The predicted molar refractivity (Wildman–Crippen MR) is 54.3 cm³/mol. The smallest absolute Gasteiger partial charge is 0.411 e. The van der Waals surface area contributed by atoms with Gasteiger partial charge in [0.05, 0.1) is 0 Å². The van der Waals surface area contributed by atoms with E-state index in [2.05, 4.69) is 0 Å². The van der Waals surface area contributed by atoms with Crippen molar-refractivity contribution in [2.24, 2.45) is 0 Å². The minimum atomic E-state index is -0.223. The highest BCUT2D eigenvalue weighted by atomic mass is 35.5. The monoisotopic (exact) mass is 217 g/mol. The Morgan fingerprint density at radius 1 is 1.29 bits per heavy atom. The van der Waals surface area contributed by atoms with Crippen molar-refractivity contribution in [3.63, 3.8) is 0 Å². The van der Waals surface area contributed by atoms with E-state index in [1.807, 2.05) is 4.90 Å². The molecule has 4 heteroatoms. The third kappa shape index (κ3) is 1.58. The van der Waals surface area contributed by atoms with Crippen molar-refractivity contribution >= 4 is 17.7 Å². The van der Waals surface area contributed by atoms with Crippen molar-refractivity contribution in [1.82, 2.24) is 4.90 Å². The van der Waals surface area contributed by atoms with E-state index in [9.17, 15) is 4.79 Å². The van der Waals surface area contributed by atoms with Crippen LogP contribution in [-0.4, -0.2) is 29.1 Å². The van der Waals surface area contributed by atoms with Crippen molar-refractivity contribution in [2.45, 2.75) is 44.1 Å². The van der Waals surface area contributed by atoms with E-state index in [0.29, 0.717) is 0 Å². The highest BCUT2D eigenvalue weighted by Gasteiger charge is 2.45. The lowest BCUT2D eigenvalue weighted by Gasteiger charge is -2.33. The Kier molecular flexibility index (Phi) is 2.86. The van der Waals surface area contributed by atoms with Crippen LogP contribution in [-0.2, 0) is 4.74 Å². The maximum atomic E-state index is 11.6. The summed E-state index contributed by atoms with van der Waals surface area (Å²) in [5.41, 5.74) is 0.128. The van der Waals surface area contributed by atoms with E-state index < -0.39 is 0 Å². The summed E-state index contributed by atoms with van der Waals surface area (Å²) < 4.78 is 4.86. The normalized spacial score (nSPS) is 24.5. The molecular weight excluding hydrogens is 202 g/mol. The van der Waals surface area contributed by atoms with Crippen LogP contribution in [0.25, 0.3) is 0 Å². The predicted octanol–water partition coefficient (Wildman–Crippen LogP) is 2.73. The lowest BCUT2D eigenvalue weighted by molar-refractivity contribution is 0.0831. The first kappa shape index (κ1) is 10.1. The molecule has 0 bridgehead atoms. The number of rotatable bonds is 1. The highest BCUT2D eigenvalue weighted by Crippen LogP contribution is 2.43. The van der Waals surface area contributed by atoms with Gasteiger partial charge in [-0.2, -0.15) is 0 Å². The van der Waals surface area contributed by atoms with Crippen LogP contribution in [0.2, 0.25) is 0 Å². The summed E-state index contributed by atoms with van der Waals surface area (Å²) in [7, 11) is 0. The topological polar surface area (TPSA) is 29.5 Å². The van der Waals surface area contributed by atoms with Gasteiger partial charge in [-0.1, -0.05) is 24.4 Å². The number of hydrogen-bond donors (Lipinski definition) is 0. The van der Waals surface area contributed by atoms with Gasteiger partial charge in [0.1, 0.15) is 0 Å². The molecule has 1 saturated heterocycles. The van der Waals surface area contributed by atoms with Crippen LogP contribution in [0, 0.1) is 0 Å². The van der Waals surface area contributed by atoms with Crippen molar-refractivity contribution < 1.29 is 9.53 Å². The van der Waals surface area contributed by atoms with Crippen LogP contribution in [0.4, 0.5) is 4.79 Å². The molecule has 1 aliphatic carbocycles. The Morgan fingerprint density at radius 2 is 1.93 bits per heavy atom. The number of halogens is 1. The fourth-order valence-electron chi connectivity index (χ4n) is 2.90. The standard InChI is InChI=1S/C10H16ClNO2/c11-8-14-9(13)12-7-3-6-10(12)4-1-2-5-10/h1-8H2. The lowest BCUT2D eigenvalue weighted by atomic mass is 9.95. The number of ether oxygens (including phenoxy) is 1. The minimum absolute atomic E-state index is 0.0363. The molecule has 80 valence electrons. The molecule has 0 N–H and O–H groups in total. The molecule has 1 aliphatic heterocycles. The van der Waals surface area contributed by atoms with Gasteiger partial charge in [0.25, 0.3) is 0 Å². The average molecular weight is 218 g/mol. The van der Waals surface area contributed by atoms with Gasteiger partial charge in [-0.3, -0.25) is 0 Å². The molecule has 14 heavy (non-hydrogen) atoms. The first-order chi connectivity index (χ1) is 6.78. The van der Waals surface area contributed by atoms with Crippen LogP contribution in [0.15, 0.2) is 0 Å². The first-order valence-corrected chi connectivity index (χ1v) is 5.82. The van der Waals surface area contributed by atoms with E-state index in [1.165, 1.54) is 12.8 Å². The van der Waals surface area contributed by atoms with Gasteiger partial charge in [0.2, 0.25) is 0 Å². The van der Waals surface area contributed by atoms with Crippen LogP contribution in [0.3, 0.4) is 0 Å². The molecule has 0 unspecified atom stereocenters. The molecule has 0 aromatic heterocycles. The van der Waals surface area contributed by atoms with Crippen LogP contribution in [0.1, 0.15) is 38.5 Å². The molecule has 0 aromatic rings. The van der Waals surface area contributed by atoms with Crippen molar-refractivity contribution in [3.05, 3.63) is 0 Å². The third-order valence-electron chi connectivity index (χ3n) is 3.53. The van der Waals surface area contributed by atoms with Crippen LogP contribution in [0.5, 0.6) is 0 Å². The maximum absolute atomic E-state index is 11.6. The Labute approximate surface area is 89.4 Å². The number of amides is 1. The zero-order chi connectivity index (χ0) is 10.0. The molecular formula is C10H16ClNO2. The van der Waals surface area contributed by atoms with Crippen LogP contribution >= 0.6 is 11.6 Å². The zero-order valence-corrected chi connectivity index (χ0v) is 9.05. The van der Waals surface area contributed by atoms with E-state index in [1.54, 1.807) is 0 Å². The molecule has 2 aliphatic rings. The van der Waals surface area contributed by atoms with Crippen molar-refractivity contribution in [1.29, 1.82) is 0 Å². The molecule has 0 aromatic carbocycles. The number of carbonyl (C=O) groups excluding carboxylic acids is 1. The van der Waals surface area contributed by atoms with Gasteiger partial charge in [0, 0.05) is 12.1 Å². The number of nitrogens with zero attached hydrogens (tertiary/aromatic N) is 1. The molecule has 1 saturated carbocycles. The Morgan fingerprint density at radius 3 is 2.57 bits per heavy atom. The number of alkyl halides is 1. The van der Waals surface area contributed by atoms with Gasteiger partial charge in [-0.05, 0) is 25.7 Å². The van der Waals surface area contributed by atoms with Gasteiger partial charge in [-0.25, -0.2) is 4.79 Å². The van der Waals surface area contributed by atoms with Gasteiger partial charge >= 0.3 is 6.09 Å². The molecule has 0 radical (unpaired) electrons. The summed E-state index contributed by atoms with van der Waals surface area (Å²) in [4.78, 5) is 13.5. The minimum Gasteiger partial charge on any atom is -0.433 e. The molecule has 2 rings (SSSR count). The van der Waals surface area contributed by atoms with Crippen molar-refractivity contribution in [2.75, 3.05) is 12.6 Å². The van der Waals surface area contributed by atoms with Gasteiger partial charge < -0.3 is 9.64 Å². The Bertz CT molecular complexity index is 221. The summed E-state index contributed by atoms with van der Waals surface area (Å²) in [6, 6.07) is -0.0363. The molecule has 0 atom stereocenters. The fourth-order valence-corrected chi connectivity index (χ4v) is 2.99. The lowest BCUT2D eigenvalue weighted by Crippen LogP contribution is -2.45. The Hall–Kier alpha value is -0.440. The van der Waals surface area contributed by atoms with Crippen LogP contribution < -0.4 is 0 Å². The van der Waals surface area contributed by atoms with E-state index >= 15 is 0 Å². The number of likely N-dealkylation sites (tertiary alicyclic amines) is 1. The molecule has 2 fully saturated rings. The second kappa shape index (κ2) is 3.97. The summed E-state index contributed by atoms with van der Waals surface area (Å²) >= 11 is 5.40. The average Bonchev–Trinajstić information content (AvgIpc) is 2.78. The van der Waals surface area contributed by atoms with E-state index in [-0.39, 0.29) is 17.7 Å². The third-order valence-corrected chi connectivity index (χ3v) is 3.64. The quantitative estimate of drug-likeness (QED) is 0.632. The van der Waals surface area contributed by atoms with Crippen molar-refractivity contribution in [3.8, 4) is 0 Å². The molecule has 3 nitrogen and oxygen atoms in total. The zero-order valence-electron chi connectivity index (χ0n) is 8.30. The first-order valence-electron chi connectivity index (χ1n) is 5.29. The van der Waals surface area contributed by atoms with E-state index in [0.717, 1.165) is 32.2 Å². The van der Waals surface area contributed by atoms with Gasteiger partial charge in [-0.15, -0.1) is 0 Å². The SMILES string of the molecule is O=C(OCCl)N1CCCC12CCCC2. The number of hydrogen-bond acceptors (Lipinski definition) is 2. The van der Waals surface area contributed by atoms with E-state index in [4.69, 9.17) is 16.3 Å². The molecule has 1 amide bonds. The van der Waals surface area contributed by atoms with Gasteiger partial charge in [0.15, 0.2) is 6.07 Å². The summed E-state index contributed by atoms with van der Waals surface area (Å²) in [5.74, 6) is 0. The molecule has 1 spiro atoms. The molecule has 1 heterocycles. The second-order valence-electron chi connectivity index (χ2n) is 4.21. The summed E-state index contributed by atoms with van der Waals surface area (Å²) in [5, 5.41) is 0. The largest absolute Gasteiger partial charge is 0.433 e. The second-order valence-corrected chi connectivity index (χ2v) is 4.42. The number of carbonyl (C=O) groups is 1. The maximum Gasteiger partial charge on any atom is 0.411 e. The summed E-state index contributed by atoms with van der Waals surface area (Å²) in [6.07, 6.45) is 6.80. The highest BCUT2D eigenvalue weighted by molar-refractivity contribution is 6.17.